The fourth-order valence-corrected chi connectivity index (χ4v) is 4.75. The summed E-state index contributed by atoms with van der Waals surface area (Å²) in [6.07, 6.45) is 1.44. The summed E-state index contributed by atoms with van der Waals surface area (Å²) in [6, 6.07) is 11.8. The molecule has 176 valence electrons. The Morgan fingerprint density at radius 1 is 1.12 bits per heavy atom. The molecule has 1 aromatic heterocycles. The zero-order chi connectivity index (χ0) is 24.0. The van der Waals surface area contributed by atoms with Gasteiger partial charge in [-0.25, -0.2) is 13.1 Å². The first-order valence-electron chi connectivity index (χ1n) is 10.7. The van der Waals surface area contributed by atoms with E-state index in [1.54, 1.807) is 19.9 Å². The molecule has 0 spiro atoms. The largest absolute Gasteiger partial charge is 0.489 e. The minimum absolute atomic E-state index is 0.100. The monoisotopic (exact) mass is 472 g/mol. The molecule has 0 aliphatic carbocycles. The Labute approximate surface area is 193 Å². The molecule has 33 heavy (non-hydrogen) atoms. The molecule has 0 saturated carbocycles. The molecule has 0 aliphatic rings. The van der Waals surface area contributed by atoms with Crippen molar-refractivity contribution in [3.05, 3.63) is 54.4 Å². The van der Waals surface area contributed by atoms with Gasteiger partial charge >= 0.3 is 0 Å². The lowest BCUT2D eigenvalue weighted by Crippen LogP contribution is -2.30. The first-order valence-corrected chi connectivity index (χ1v) is 12.1. The first-order chi connectivity index (χ1) is 15.7. The van der Waals surface area contributed by atoms with Crippen LogP contribution in [0.4, 0.5) is 5.69 Å². The van der Waals surface area contributed by atoms with Crippen LogP contribution >= 0.6 is 0 Å². The maximum absolute atomic E-state index is 12.9. The molecule has 1 N–H and O–H groups in total. The van der Waals surface area contributed by atoms with Crippen molar-refractivity contribution in [3.63, 3.8) is 0 Å². The van der Waals surface area contributed by atoms with Gasteiger partial charge < -0.3 is 10.1 Å². The van der Waals surface area contributed by atoms with Gasteiger partial charge in [0, 0.05) is 13.1 Å². The van der Waals surface area contributed by atoms with E-state index in [4.69, 9.17) is 4.74 Å². The number of aromatic nitrogens is 4. The average molecular weight is 473 g/mol. The van der Waals surface area contributed by atoms with E-state index in [2.05, 4.69) is 20.8 Å². The zero-order valence-corrected chi connectivity index (χ0v) is 19.9. The minimum Gasteiger partial charge on any atom is -0.489 e. The summed E-state index contributed by atoms with van der Waals surface area (Å²) in [5.74, 6) is 0.113. The highest BCUT2D eigenvalue weighted by atomic mass is 32.2. The molecule has 10 nitrogen and oxygen atoms in total. The van der Waals surface area contributed by atoms with Crippen LogP contribution in [0.1, 0.15) is 33.3 Å². The molecule has 0 radical (unpaired) electrons. The Hall–Kier alpha value is -3.31. The van der Waals surface area contributed by atoms with Crippen LogP contribution in [0.5, 0.6) is 5.75 Å². The van der Waals surface area contributed by atoms with Gasteiger partial charge in [0.15, 0.2) is 0 Å². The SMILES string of the molecule is CCN(CC)S(=O)(=O)c1ccc(OC(C)C)c(NC(=O)Cc2ccc(-n3cnnn3)cc2)c1. The Bertz CT molecular complexity index is 1170. The minimum atomic E-state index is -3.68. The third kappa shape index (κ3) is 5.93. The molecule has 1 amide bonds. The predicted octanol–water partition coefficient (Wildman–Crippen LogP) is 2.66. The van der Waals surface area contributed by atoms with E-state index in [1.807, 2.05) is 38.1 Å². The molecule has 0 atom stereocenters. The van der Waals surface area contributed by atoms with Crippen molar-refractivity contribution < 1.29 is 17.9 Å². The summed E-state index contributed by atoms with van der Waals surface area (Å²) in [4.78, 5) is 12.9. The van der Waals surface area contributed by atoms with Crippen molar-refractivity contribution in [2.24, 2.45) is 0 Å². The molecule has 0 bridgehead atoms. The molecular weight excluding hydrogens is 444 g/mol. The smallest absolute Gasteiger partial charge is 0.243 e. The van der Waals surface area contributed by atoms with Gasteiger partial charge in [-0.15, -0.1) is 5.10 Å². The van der Waals surface area contributed by atoms with E-state index in [0.717, 1.165) is 11.3 Å². The van der Waals surface area contributed by atoms with Crippen molar-refractivity contribution in [3.8, 4) is 11.4 Å². The molecule has 3 aromatic rings. The molecule has 11 heteroatoms. The number of amides is 1. The van der Waals surface area contributed by atoms with Crippen LogP contribution in [-0.4, -0.2) is 58.0 Å². The van der Waals surface area contributed by atoms with Crippen LogP contribution < -0.4 is 10.1 Å². The number of carbonyl (C=O) groups excluding carboxylic acids is 1. The van der Waals surface area contributed by atoms with Crippen molar-refractivity contribution >= 4 is 21.6 Å². The van der Waals surface area contributed by atoms with Gasteiger partial charge in [0.25, 0.3) is 0 Å². The fraction of sp³-hybridized carbons (Fsp3) is 0.364. The summed E-state index contributed by atoms with van der Waals surface area (Å²) in [5.41, 5.74) is 1.86. The van der Waals surface area contributed by atoms with Crippen LogP contribution in [-0.2, 0) is 21.2 Å². The fourth-order valence-electron chi connectivity index (χ4n) is 3.26. The maximum atomic E-state index is 12.9. The quantitative estimate of drug-likeness (QED) is 0.482. The van der Waals surface area contributed by atoms with E-state index in [9.17, 15) is 13.2 Å². The number of hydrogen-bond donors (Lipinski definition) is 1. The molecule has 0 aliphatic heterocycles. The molecule has 0 unspecified atom stereocenters. The number of sulfonamides is 1. The highest BCUT2D eigenvalue weighted by molar-refractivity contribution is 7.89. The number of ether oxygens (including phenoxy) is 1. The number of carbonyl (C=O) groups is 1. The number of anilines is 1. The van der Waals surface area contributed by atoms with Crippen LogP contribution in [0, 0.1) is 0 Å². The van der Waals surface area contributed by atoms with Gasteiger partial charge in [-0.2, -0.15) is 4.31 Å². The Balaban J connectivity index is 1.82. The summed E-state index contributed by atoms with van der Waals surface area (Å²) < 4.78 is 34.6. The molecule has 2 aromatic carbocycles. The van der Waals surface area contributed by atoms with Crippen LogP contribution in [0.2, 0.25) is 0 Å². The highest BCUT2D eigenvalue weighted by Gasteiger charge is 2.23. The Kier molecular flexibility index (Phi) is 7.77. The number of benzene rings is 2. The van der Waals surface area contributed by atoms with Crippen molar-refractivity contribution in [1.29, 1.82) is 0 Å². The van der Waals surface area contributed by atoms with Crippen LogP contribution in [0.25, 0.3) is 5.69 Å². The Morgan fingerprint density at radius 3 is 2.39 bits per heavy atom. The molecule has 0 saturated heterocycles. The van der Waals surface area contributed by atoms with E-state index in [0.29, 0.717) is 24.5 Å². The van der Waals surface area contributed by atoms with Crippen LogP contribution in [0.3, 0.4) is 0 Å². The van der Waals surface area contributed by atoms with Gasteiger partial charge in [-0.3, -0.25) is 4.79 Å². The van der Waals surface area contributed by atoms with Crippen LogP contribution in [0.15, 0.2) is 53.7 Å². The van der Waals surface area contributed by atoms with E-state index >= 15 is 0 Å². The molecule has 1 heterocycles. The summed E-state index contributed by atoms with van der Waals surface area (Å²) in [5, 5.41) is 13.8. The number of tetrazole rings is 1. The van der Waals surface area contributed by atoms with E-state index in [-0.39, 0.29) is 23.3 Å². The molecular formula is C22H28N6O4S. The number of nitrogens with one attached hydrogen (secondary N) is 1. The number of rotatable bonds is 10. The number of hydrogen-bond acceptors (Lipinski definition) is 7. The van der Waals surface area contributed by atoms with Gasteiger partial charge in [0.2, 0.25) is 15.9 Å². The standard InChI is InChI=1S/C22H28N6O4S/c1-5-27(6-2)33(30,31)19-11-12-21(32-16(3)4)20(14-19)24-22(29)13-17-7-9-18(10-8-17)28-15-23-25-26-28/h7-12,14-16H,5-6,13H2,1-4H3,(H,24,29). The van der Waals surface area contributed by atoms with Crippen molar-refractivity contribution in [1.82, 2.24) is 24.5 Å². The second-order valence-corrected chi connectivity index (χ2v) is 9.50. The molecule has 3 rings (SSSR count). The van der Waals surface area contributed by atoms with Gasteiger partial charge in [0.05, 0.1) is 28.8 Å². The lowest BCUT2D eigenvalue weighted by atomic mass is 10.1. The second kappa shape index (κ2) is 10.5. The summed E-state index contributed by atoms with van der Waals surface area (Å²) in [7, 11) is -3.68. The van der Waals surface area contributed by atoms with Gasteiger partial charge in [0.1, 0.15) is 12.1 Å². The summed E-state index contributed by atoms with van der Waals surface area (Å²) in [6.45, 7) is 7.99. The average Bonchev–Trinajstić information content (AvgIpc) is 3.30. The Morgan fingerprint density at radius 2 is 1.82 bits per heavy atom. The molecule has 0 fully saturated rings. The van der Waals surface area contributed by atoms with E-state index < -0.39 is 10.0 Å². The highest BCUT2D eigenvalue weighted by Crippen LogP contribution is 2.30. The predicted molar refractivity (Wildman–Crippen MR) is 124 cm³/mol. The maximum Gasteiger partial charge on any atom is 0.243 e. The second-order valence-electron chi connectivity index (χ2n) is 7.56. The normalized spacial score (nSPS) is 11.7. The van der Waals surface area contributed by atoms with Crippen molar-refractivity contribution in [2.45, 2.75) is 45.1 Å². The lowest BCUT2D eigenvalue weighted by molar-refractivity contribution is -0.115. The number of nitrogens with zero attached hydrogens (tertiary/aromatic N) is 5. The topological polar surface area (TPSA) is 119 Å². The van der Waals surface area contributed by atoms with Gasteiger partial charge in [-0.1, -0.05) is 26.0 Å². The van der Waals surface area contributed by atoms with E-state index in [1.165, 1.54) is 27.4 Å². The van der Waals surface area contributed by atoms with Crippen molar-refractivity contribution in [2.75, 3.05) is 18.4 Å². The third-order valence-electron chi connectivity index (χ3n) is 4.85. The zero-order valence-electron chi connectivity index (χ0n) is 19.1. The lowest BCUT2D eigenvalue weighted by Gasteiger charge is -2.20. The summed E-state index contributed by atoms with van der Waals surface area (Å²) >= 11 is 0. The third-order valence-corrected chi connectivity index (χ3v) is 6.89. The van der Waals surface area contributed by atoms with Gasteiger partial charge in [-0.05, 0) is 60.2 Å². The first kappa shape index (κ1) is 24.3.